The monoisotopic (exact) mass is 658 g/mol. The normalized spacial score (nSPS) is 19.8. The number of amides is 1. The molecule has 1 aromatic carbocycles. The Bertz CT molecular complexity index is 1640. The van der Waals surface area contributed by atoms with Crippen LogP contribution in [0, 0.1) is 11.8 Å². The van der Waals surface area contributed by atoms with E-state index in [4.69, 9.17) is 21.3 Å². The van der Waals surface area contributed by atoms with Gasteiger partial charge in [-0.15, -0.1) is 0 Å². The number of aliphatic imine (C=N–C) groups is 1. The molecule has 3 aromatic rings. The van der Waals surface area contributed by atoms with Crippen molar-refractivity contribution in [1.82, 2.24) is 19.8 Å². The van der Waals surface area contributed by atoms with E-state index >= 15 is 0 Å². The number of nitrogens with zero attached hydrogens (tertiary/aromatic N) is 4. The summed E-state index contributed by atoms with van der Waals surface area (Å²) >= 11 is 6.86. The molecule has 9 nitrogen and oxygen atoms in total. The van der Waals surface area contributed by atoms with Gasteiger partial charge in [0.05, 0.1) is 6.04 Å². The summed E-state index contributed by atoms with van der Waals surface area (Å²) in [6, 6.07) is 11.6. The number of anilines is 1. The summed E-state index contributed by atoms with van der Waals surface area (Å²) in [5, 5.41) is 7.05. The van der Waals surface area contributed by atoms with Crippen molar-refractivity contribution in [3.05, 3.63) is 76.3 Å². The molecule has 2 saturated heterocycles. The van der Waals surface area contributed by atoms with Gasteiger partial charge in [0.25, 0.3) is 5.56 Å². The zero-order valence-corrected chi connectivity index (χ0v) is 28.7. The number of halogens is 1. The molecule has 10 heteroatoms. The van der Waals surface area contributed by atoms with Crippen LogP contribution in [-0.4, -0.2) is 71.6 Å². The molecule has 0 spiro atoms. The highest BCUT2D eigenvalue weighted by atomic mass is 35.5. The van der Waals surface area contributed by atoms with E-state index in [1.165, 1.54) is 4.57 Å². The molecule has 4 heterocycles. The fourth-order valence-corrected chi connectivity index (χ4v) is 6.64. The molecule has 1 amide bonds. The third kappa shape index (κ3) is 8.20. The molecule has 2 aliphatic rings. The van der Waals surface area contributed by atoms with Crippen LogP contribution in [0.4, 0.5) is 5.82 Å². The van der Waals surface area contributed by atoms with Gasteiger partial charge < -0.3 is 20.3 Å². The molecule has 0 bridgehead atoms. The van der Waals surface area contributed by atoms with Crippen LogP contribution in [0.1, 0.15) is 52.0 Å². The van der Waals surface area contributed by atoms with Crippen LogP contribution in [0.25, 0.3) is 28.3 Å². The van der Waals surface area contributed by atoms with E-state index in [0.717, 1.165) is 49.2 Å². The van der Waals surface area contributed by atoms with E-state index in [1.807, 2.05) is 30.3 Å². The Morgan fingerprint density at radius 1 is 1.19 bits per heavy atom. The first-order valence-corrected chi connectivity index (χ1v) is 17.1. The van der Waals surface area contributed by atoms with Gasteiger partial charge in [0.15, 0.2) is 0 Å². The van der Waals surface area contributed by atoms with Gasteiger partial charge in [-0.2, -0.15) is 0 Å². The first-order chi connectivity index (χ1) is 22.7. The lowest BCUT2D eigenvalue weighted by atomic mass is 10.00. The highest BCUT2D eigenvalue weighted by molar-refractivity contribution is 6.33. The third-order valence-corrected chi connectivity index (χ3v) is 9.91. The number of rotatable bonds is 11. The third-order valence-electron chi connectivity index (χ3n) is 9.60. The van der Waals surface area contributed by atoms with Gasteiger partial charge in [0, 0.05) is 71.4 Å². The molecule has 0 radical (unpaired) electrons. The van der Waals surface area contributed by atoms with Crippen molar-refractivity contribution in [2.75, 3.05) is 38.7 Å². The molecule has 47 heavy (non-hydrogen) atoms. The number of pyridine rings is 2. The van der Waals surface area contributed by atoms with E-state index in [1.54, 1.807) is 24.5 Å². The molecule has 3 unspecified atom stereocenters. The van der Waals surface area contributed by atoms with Gasteiger partial charge in [-0.1, -0.05) is 63.2 Å². The molecular weight excluding hydrogens is 612 g/mol. The number of benzene rings is 1. The summed E-state index contributed by atoms with van der Waals surface area (Å²) in [5.74, 6) is 1.61. The molecule has 2 aromatic heterocycles. The smallest absolute Gasteiger partial charge is 0.260 e. The van der Waals surface area contributed by atoms with Gasteiger partial charge in [-0.3, -0.25) is 24.1 Å². The van der Waals surface area contributed by atoms with E-state index in [9.17, 15) is 9.59 Å². The number of likely N-dealkylation sites (N-methyl/N-ethyl adjacent to an activating group) is 1. The average molecular weight is 659 g/mol. The van der Waals surface area contributed by atoms with Gasteiger partial charge in [0.1, 0.15) is 18.2 Å². The molecule has 5 rings (SSSR count). The first-order valence-electron chi connectivity index (χ1n) is 16.7. The average Bonchev–Trinajstić information content (AvgIpc) is 3.41. The fraction of sp³-hybridized carbons (Fsp3) is 0.459. The number of aromatic nitrogens is 2. The molecular formula is C37H47ClN6O3. The second-order valence-corrected chi connectivity index (χ2v) is 13.2. The minimum atomic E-state index is -0.329. The van der Waals surface area contributed by atoms with E-state index < -0.39 is 0 Å². The largest absolute Gasteiger partial charge is 0.381 e. The van der Waals surface area contributed by atoms with Crippen molar-refractivity contribution in [3.63, 3.8) is 0 Å². The Morgan fingerprint density at radius 3 is 2.62 bits per heavy atom. The van der Waals surface area contributed by atoms with E-state index in [2.05, 4.69) is 54.9 Å². The minimum absolute atomic E-state index is 0.0985. The number of likely N-dealkylation sites (tertiary alicyclic amines) is 1. The summed E-state index contributed by atoms with van der Waals surface area (Å²) in [6.07, 6.45) is 8.83. The Hall–Kier alpha value is -3.79. The first kappa shape index (κ1) is 34.5. The minimum Gasteiger partial charge on any atom is -0.381 e. The Kier molecular flexibility index (Phi) is 11.7. The summed E-state index contributed by atoms with van der Waals surface area (Å²) in [5.41, 5.74) is 3.12. The van der Waals surface area contributed by atoms with E-state index in [0.29, 0.717) is 53.2 Å². The summed E-state index contributed by atoms with van der Waals surface area (Å²) < 4.78 is 7.07. The standard InChI is InChI=1S/C37H47ClN6O3/c1-6-24(3)35(41-29-13-17-47-18-14-29)42-36-26(7-2)19-31(30-11-10-27(20-32(30)38)28-9-8-15-39-21-28)37(46)44(36)23-34(45)40-22-33-25(4)12-16-43(33)5/h7-11,15,19-21,24-25,29,33H,2,6,12-14,16-18,22-23H2,1,3-5H3,(H,40,45)(H,41,42). The van der Waals surface area contributed by atoms with Crippen molar-refractivity contribution in [1.29, 1.82) is 0 Å². The van der Waals surface area contributed by atoms with Crippen LogP contribution < -0.4 is 16.2 Å². The number of carbonyl (C=O) groups excluding carboxylic acids is 1. The Morgan fingerprint density at radius 2 is 1.98 bits per heavy atom. The number of carbonyl (C=O) groups is 1. The maximum atomic E-state index is 14.5. The highest BCUT2D eigenvalue weighted by Gasteiger charge is 2.29. The molecule has 2 fully saturated rings. The van der Waals surface area contributed by atoms with Crippen LogP contribution in [0.5, 0.6) is 0 Å². The lowest BCUT2D eigenvalue weighted by molar-refractivity contribution is -0.121. The summed E-state index contributed by atoms with van der Waals surface area (Å²) in [6.45, 7) is 13.2. The maximum absolute atomic E-state index is 14.5. The Balaban J connectivity index is 1.56. The number of amidine groups is 1. The van der Waals surface area contributed by atoms with Crippen LogP contribution in [-0.2, 0) is 16.1 Å². The lowest BCUT2D eigenvalue weighted by Crippen LogP contribution is -2.43. The predicted molar refractivity (Wildman–Crippen MR) is 192 cm³/mol. The SMILES string of the molecule is C=Cc1cc(-c2ccc(-c3cccnc3)cc2Cl)c(=O)n(CC(=O)NCC2C(C)CCN2C)c1NC(=NC1CCOCC1)C(C)CC. The van der Waals surface area contributed by atoms with Crippen LogP contribution in [0.2, 0.25) is 5.02 Å². The van der Waals surface area contributed by atoms with E-state index in [-0.39, 0.29) is 36.0 Å². The van der Waals surface area contributed by atoms with Crippen LogP contribution in [0.15, 0.2) is 65.2 Å². The van der Waals surface area contributed by atoms with Gasteiger partial charge >= 0.3 is 0 Å². The van der Waals surface area contributed by atoms with Crippen LogP contribution in [0.3, 0.4) is 0 Å². The summed E-state index contributed by atoms with van der Waals surface area (Å²) in [4.78, 5) is 39.6. The van der Waals surface area contributed by atoms with Crippen molar-refractivity contribution >= 4 is 35.2 Å². The highest BCUT2D eigenvalue weighted by Crippen LogP contribution is 2.33. The van der Waals surface area contributed by atoms with Gasteiger partial charge in [-0.05, 0) is 69.0 Å². The zero-order valence-electron chi connectivity index (χ0n) is 28.0. The number of ether oxygens (including phenoxy) is 1. The molecule has 2 aliphatic heterocycles. The zero-order chi connectivity index (χ0) is 33.5. The molecule has 2 N–H and O–H groups in total. The second-order valence-electron chi connectivity index (χ2n) is 12.8. The Labute approximate surface area is 283 Å². The fourth-order valence-electron chi connectivity index (χ4n) is 6.36. The lowest BCUT2D eigenvalue weighted by Gasteiger charge is -2.26. The van der Waals surface area contributed by atoms with Crippen LogP contribution >= 0.6 is 11.6 Å². The number of hydrogen-bond donors (Lipinski definition) is 2. The van der Waals surface area contributed by atoms with Gasteiger partial charge in [0.2, 0.25) is 5.91 Å². The van der Waals surface area contributed by atoms with Gasteiger partial charge in [-0.25, -0.2) is 0 Å². The van der Waals surface area contributed by atoms with Crippen molar-refractivity contribution < 1.29 is 9.53 Å². The molecule has 0 aliphatic carbocycles. The topological polar surface area (TPSA) is 101 Å². The number of hydrogen-bond acceptors (Lipinski definition) is 6. The quantitative estimate of drug-likeness (QED) is 0.184. The predicted octanol–water partition coefficient (Wildman–Crippen LogP) is 6.37. The molecule has 3 atom stereocenters. The molecule has 0 saturated carbocycles. The number of nitrogens with one attached hydrogen (secondary N) is 2. The van der Waals surface area contributed by atoms with Crippen molar-refractivity contribution in [2.24, 2.45) is 16.8 Å². The summed E-state index contributed by atoms with van der Waals surface area (Å²) in [7, 11) is 2.09. The molecule has 250 valence electrons. The second kappa shape index (κ2) is 15.9. The maximum Gasteiger partial charge on any atom is 0.260 e. The van der Waals surface area contributed by atoms with Crippen molar-refractivity contribution in [2.45, 2.75) is 65.1 Å². The van der Waals surface area contributed by atoms with Crippen molar-refractivity contribution in [3.8, 4) is 22.3 Å².